The van der Waals surface area contributed by atoms with E-state index in [1.165, 1.54) is 0 Å². The predicted molar refractivity (Wildman–Crippen MR) is 90.6 cm³/mol. The highest BCUT2D eigenvalue weighted by Gasteiger charge is 2.27. The number of benzene rings is 2. The van der Waals surface area contributed by atoms with E-state index in [0.717, 1.165) is 0 Å². The number of rotatable bonds is 4. The van der Waals surface area contributed by atoms with Crippen molar-refractivity contribution in [3.63, 3.8) is 0 Å². The van der Waals surface area contributed by atoms with Gasteiger partial charge in [0, 0.05) is 12.1 Å². The Bertz CT molecular complexity index is 774. The van der Waals surface area contributed by atoms with Crippen molar-refractivity contribution >= 4 is 29.1 Å². The summed E-state index contributed by atoms with van der Waals surface area (Å²) in [7, 11) is 0. The first-order valence-electron chi connectivity index (χ1n) is 7.69. The SMILES string of the molecule is O=C(CCC1NC(=O)c2ccccc2NC1=O)Nc1ccccc1. The van der Waals surface area contributed by atoms with Gasteiger partial charge in [0.15, 0.2) is 0 Å². The van der Waals surface area contributed by atoms with Gasteiger partial charge in [-0.1, -0.05) is 30.3 Å². The molecule has 0 radical (unpaired) electrons. The first-order chi connectivity index (χ1) is 11.6. The predicted octanol–water partition coefficient (Wildman–Crippen LogP) is 2.16. The Morgan fingerprint density at radius 2 is 1.71 bits per heavy atom. The molecule has 2 aromatic rings. The number of para-hydroxylation sites is 2. The Kier molecular flexibility index (Phi) is 4.56. The van der Waals surface area contributed by atoms with Crippen molar-refractivity contribution in [1.29, 1.82) is 0 Å². The molecule has 3 N–H and O–H groups in total. The monoisotopic (exact) mass is 323 g/mol. The van der Waals surface area contributed by atoms with Crippen LogP contribution in [-0.4, -0.2) is 23.8 Å². The summed E-state index contributed by atoms with van der Waals surface area (Å²) in [6.45, 7) is 0. The number of hydrogen-bond donors (Lipinski definition) is 3. The molecule has 0 aromatic heterocycles. The molecule has 0 fully saturated rings. The molecule has 0 bridgehead atoms. The lowest BCUT2D eigenvalue weighted by atomic mass is 10.1. The number of anilines is 2. The second kappa shape index (κ2) is 6.95. The van der Waals surface area contributed by atoms with Gasteiger partial charge in [-0.3, -0.25) is 14.4 Å². The molecule has 6 heteroatoms. The third-order valence-electron chi connectivity index (χ3n) is 3.77. The third kappa shape index (κ3) is 3.60. The minimum Gasteiger partial charge on any atom is -0.340 e. The molecule has 1 atom stereocenters. The van der Waals surface area contributed by atoms with Crippen LogP contribution in [0, 0.1) is 0 Å². The molecule has 1 aliphatic rings. The maximum absolute atomic E-state index is 12.2. The summed E-state index contributed by atoms with van der Waals surface area (Å²) in [5.74, 6) is -0.844. The van der Waals surface area contributed by atoms with Crippen LogP contribution >= 0.6 is 0 Å². The Morgan fingerprint density at radius 1 is 1.00 bits per heavy atom. The summed E-state index contributed by atoms with van der Waals surface area (Å²) < 4.78 is 0. The van der Waals surface area contributed by atoms with Crippen molar-refractivity contribution in [2.24, 2.45) is 0 Å². The van der Waals surface area contributed by atoms with E-state index < -0.39 is 6.04 Å². The van der Waals surface area contributed by atoms with Crippen LogP contribution in [0.5, 0.6) is 0 Å². The van der Waals surface area contributed by atoms with E-state index in [4.69, 9.17) is 0 Å². The fraction of sp³-hybridized carbons (Fsp3) is 0.167. The van der Waals surface area contributed by atoms with Crippen molar-refractivity contribution in [2.75, 3.05) is 10.6 Å². The van der Waals surface area contributed by atoms with Crippen molar-refractivity contribution in [3.8, 4) is 0 Å². The molecular formula is C18H17N3O3. The zero-order valence-electron chi connectivity index (χ0n) is 12.9. The molecule has 6 nitrogen and oxygen atoms in total. The summed E-state index contributed by atoms with van der Waals surface area (Å²) in [6, 6.07) is 15.1. The van der Waals surface area contributed by atoms with Crippen LogP contribution in [0.3, 0.4) is 0 Å². The van der Waals surface area contributed by atoms with Gasteiger partial charge in [-0.15, -0.1) is 0 Å². The second-order valence-electron chi connectivity index (χ2n) is 5.51. The number of carbonyl (C=O) groups is 3. The lowest BCUT2D eigenvalue weighted by Gasteiger charge is -2.14. The van der Waals surface area contributed by atoms with Crippen molar-refractivity contribution in [1.82, 2.24) is 5.32 Å². The molecule has 0 aliphatic carbocycles. The Morgan fingerprint density at radius 3 is 2.50 bits per heavy atom. The lowest BCUT2D eigenvalue weighted by molar-refractivity contribution is -0.118. The molecule has 1 heterocycles. The normalized spacial score (nSPS) is 16.4. The van der Waals surface area contributed by atoms with Gasteiger partial charge in [0.25, 0.3) is 5.91 Å². The molecule has 122 valence electrons. The molecule has 0 saturated heterocycles. The number of nitrogens with one attached hydrogen (secondary N) is 3. The molecule has 3 rings (SSSR count). The topological polar surface area (TPSA) is 87.3 Å². The van der Waals surface area contributed by atoms with E-state index in [1.807, 2.05) is 18.2 Å². The number of hydrogen-bond acceptors (Lipinski definition) is 3. The van der Waals surface area contributed by atoms with Crippen LogP contribution in [-0.2, 0) is 9.59 Å². The minimum atomic E-state index is -0.744. The summed E-state index contributed by atoms with van der Waals surface area (Å²) in [6.07, 6.45) is 0.355. The zero-order valence-corrected chi connectivity index (χ0v) is 12.9. The van der Waals surface area contributed by atoms with Gasteiger partial charge in [0.05, 0.1) is 11.3 Å². The van der Waals surface area contributed by atoms with E-state index in [2.05, 4.69) is 16.0 Å². The number of amides is 3. The van der Waals surface area contributed by atoms with E-state index in [1.54, 1.807) is 36.4 Å². The van der Waals surface area contributed by atoms with Gasteiger partial charge < -0.3 is 16.0 Å². The number of fused-ring (bicyclic) bond motifs is 1. The maximum Gasteiger partial charge on any atom is 0.254 e. The highest BCUT2D eigenvalue weighted by atomic mass is 16.2. The van der Waals surface area contributed by atoms with Crippen LogP contribution in [0.1, 0.15) is 23.2 Å². The Hall–Kier alpha value is -3.15. The summed E-state index contributed by atoms with van der Waals surface area (Å²) in [5, 5.41) is 8.15. The molecule has 0 saturated carbocycles. The fourth-order valence-corrected chi connectivity index (χ4v) is 2.54. The maximum atomic E-state index is 12.2. The van der Waals surface area contributed by atoms with Crippen LogP contribution in [0.15, 0.2) is 54.6 Å². The molecule has 24 heavy (non-hydrogen) atoms. The quantitative estimate of drug-likeness (QED) is 0.806. The highest BCUT2D eigenvalue weighted by Crippen LogP contribution is 2.19. The highest BCUT2D eigenvalue weighted by molar-refractivity contribution is 6.09. The second-order valence-corrected chi connectivity index (χ2v) is 5.51. The first-order valence-corrected chi connectivity index (χ1v) is 7.69. The smallest absolute Gasteiger partial charge is 0.254 e. The standard InChI is InChI=1S/C18H17N3O3/c22-16(19-12-6-2-1-3-7-12)11-10-15-18(24)20-14-9-5-4-8-13(14)17(23)21-15/h1-9,15H,10-11H2,(H,19,22)(H,20,24)(H,21,23). The van der Waals surface area contributed by atoms with E-state index in [9.17, 15) is 14.4 Å². The van der Waals surface area contributed by atoms with Crippen molar-refractivity contribution < 1.29 is 14.4 Å². The molecule has 3 amide bonds. The van der Waals surface area contributed by atoms with Crippen LogP contribution in [0.4, 0.5) is 11.4 Å². The minimum absolute atomic E-state index is 0.129. The average molecular weight is 323 g/mol. The summed E-state index contributed by atoms with van der Waals surface area (Å²) >= 11 is 0. The molecule has 0 spiro atoms. The third-order valence-corrected chi connectivity index (χ3v) is 3.77. The average Bonchev–Trinajstić information content (AvgIpc) is 2.71. The lowest BCUT2D eigenvalue weighted by Crippen LogP contribution is -2.41. The van der Waals surface area contributed by atoms with Gasteiger partial charge in [-0.2, -0.15) is 0 Å². The number of carbonyl (C=O) groups excluding carboxylic acids is 3. The Labute approximate surface area is 139 Å². The molecule has 1 unspecified atom stereocenters. The zero-order chi connectivity index (χ0) is 16.9. The van der Waals surface area contributed by atoms with Gasteiger partial charge >= 0.3 is 0 Å². The van der Waals surface area contributed by atoms with Crippen molar-refractivity contribution in [3.05, 3.63) is 60.2 Å². The van der Waals surface area contributed by atoms with E-state index >= 15 is 0 Å². The summed E-state index contributed by atoms with van der Waals surface area (Å²) in [5.41, 5.74) is 1.60. The van der Waals surface area contributed by atoms with Gasteiger partial charge in [0.1, 0.15) is 6.04 Å². The van der Waals surface area contributed by atoms with Gasteiger partial charge in [0.2, 0.25) is 11.8 Å². The van der Waals surface area contributed by atoms with E-state index in [-0.39, 0.29) is 30.6 Å². The van der Waals surface area contributed by atoms with Gasteiger partial charge in [-0.25, -0.2) is 0 Å². The summed E-state index contributed by atoms with van der Waals surface area (Å²) in [4.78, 5) is 36.4. The Balaban J connectivity index is 1.61. The van der Waals surface area contributed by atoms with Gasteiger partial charge in [-0.05, 0) is 30.7 Å². The molecular weight excluding hydrogens is 306 g/mol. The van der Waals surface area contributed by atoms with E-state index in [0.29, 0.717) is 16.9 Å². The molecule has 1 aliphatic heterocycles. The van der Waals surface area contributed by atoms with Crippen LogP contribution in [0.25, 0.3) is 0 Å². The first kappa shape index (κ1) is 15.7. The fourth-order valence-electron chi connectivity index (χ4n) is 2.54. The molecule has 2 aromatic carbocycles. The van der Waals surface area contributed by atoms with Crippen LogP contribution < -0.4 is 16.0 Å². The largest absolute Gasteiger partial charge is 0.340 e. The van der Waals surface area contributed by atoms with Crippen LogP contribution in [0.2, 0.25) is 0 Å². The van der Waals surface area contributed by atoms with Crippen molar-refractivity contribution in [2.45, 2.75) is 18.9 Å².